The second-order valence-electron chi connectivity index (χ2n) is 5.82. The minimum atomic E-state index is -0.383. The topological polar surface area (TPSA) is 64.4 Å². The SMILES string of the molecule is COc1cccc(C2=CCCCC2Nc2ccc([N+](=O)[O-])cc2)c1. The normalized spacial score (nSPS) is 17.0. The van der Waals surface area contributed by atoms with Gasteiger partial charge in [0, 0.05) is 17.8 Å². The van der Waals surface area contributed by atoms with Crippen molar-refractivity contribution in [3.8, 4) is 5.75 Å². The van der Waals surface area contributed by atoms with Crippen molar-refractivity contribution in [1.82, 2.24) is 0 Å². The number of benzene rings is 2. The first-order chi connectivity index (χ1) is 11.7. The third kappa shape index (κ3) is 3.56. The second-order valence-corrected chi connectivity index (χ2v) is 5.82. The minimum absolute atomic E-state index is 0.104. The maximum Gasteiger partial charge on any atom is 0.269 e. The molecule has 0 aliphatic heterocycles. The molecular weight excluding hydrogens is 304 g/mol. The van der Waals surface area contributed by atoms with Crippen LogP contribution in [0.15, 0.2) is 54.6 Å². The fraction of sp³-hybridized carbons (Fsp3) is 0.263. The van der Waals surface area contributed by atoms with E-state index < -0.39 is 0 Å². The molecule has 1 atom stereocenters. The molecule has 0 saturated carbocycles. The fourth-order valence-electron chi connectivity index (χ4n) is 3.03. The zero-order valence-electron chi connectivity index (χ0n) is 13.6. The van der Waals surface area contributed by atoms with Gasteiger partial charge in [0.05, 0.1) is 18.1 Å². The van der Waals surface area contributed by atoms with Crippen LogP contribution in [0.25, 0.3) is 5.57 Å². The molecule has 0 fully saturated rings. The van der Waals surface area contributed by atoms with Crippen LogP contribution in [0.4, 0.5) is 11.4 Å². The number of nitro benzene ring substituents is 1. The van der Waals surface area contributed by atoms with Crippen LogP contribution in [-0.2, 0) is 0 Å². The van der Waals surface area contributed by atoms with Crippen molar-refractivity contribution >= 4 is 16.9 Å². The highest BCUT2D eigenvalue weighted by Gasteiger charge is 2.19. The molecule has 3 rings (SSSR count). The van der Waals surface area contributed by atoms with E-state index in [9.17, 15) is 10.1 Å². The first-order valence-electron chi connectivity index (χ1n) is 8.03. The Balaban J connectivity index is 1.81. The smallest absolute Gasteiger partial charge is 0.269 e. The van der Waals surface area contributed by atoms with Gasteiger partial charge in [0.2, 0.25) is 0 Å². The van der Waals surface area contributed by atoms with Crippen LogP contribution >= 0.6 is 0 Å². The number of non-ortho nitro benzene ring substituents is 1. The molecule has 0 saturated heterocycles. The summed E-state index contributed by atoms with van der Waals surface area (Å²) in [5.74, 6) is 0.841. The second kappa shape index (κ2) is 7.17. The molecule has 0 spiro atoms. The largest absolute Gasteiger partial charge is 0.497 e. The maximum absolute atomic E-state index is 10.8. The third-order valence-corrected chi connectivity index (χ3v) is 4.26. The van der Waals surface area contributed by atoms with Crippen LogP contribution in [-0.4, -0.2) is 18.1 Å². The molecular formula is C19H20N2O3. The summed E-state index contributed by atoms with van der Waals surface area (Å²) < 4.78 is 5.32. The van der Waals surface area contributed by atoms with Crippen LogP contribution in [0.3, 0.4) is 0 Å². The van der Waals surface area contributed by atoms with Crippen molar-refractivity contribution in [2.45, 2.75) is 25.3 Å². The van der Waals surface area contributed by atoms with E-state index in [1.807, 2.05) is 18.2 Å². The molecule has 0 heterocycles. The first-order valence-corrected chi connectivity index (χ1v) is 8.03. The lowest BCUT2D eigenvalue weighted by molar-refractivity contribution is -0.384. The average molecular weight is 324 g/mol. The van der Waals surface area contributed by atoms with Gasteiger partial charge in [-0.05, 0) is 54.7 Å². The van der Waals surface area contributed by atoms with Crippen molar-refractivity contribution in [1.29, 1.82) is 0 Å². The molecule has 1 aliphatic rings. The highest BCUT2D eigenvalue weighted by atomic mass is 16.6. The van der Waals surface area contributed by atoms with Crippen molar-refractivity contribution in [3.05, 3.63) is 70.3 Å². The molecule has 24 heavy (non-hydrogen) atoms. The Morgan fingerprint density at radius 3 is 2.71 bits per heavy atom. The standard InChI is InChI=1S/C19H20N2O3/c1-24-17-6-4-5-14(13-17)18-7-2-3-8-19(18)20-15-9-11-16(12-10-15)21(22)23/h4-7,9-13,19-20H,2-3,8H2,1H3. The highest BCUT2D eigenvalue weighted by Crippen LogP contribution is 2.31. The quantitative estimate of drug-likeness (QED) is 0.642. The van der Waals surface area contributed by atoms with Crippen LogP contribution in [0.1, 0.15) is 24.8 Å². The summed E-state index contributed by atoms with van der Waals surface area (Å²) in [6.45, 7) is 0. The molecule has 2 aromatic rings. The monoisotopic (exact) mass is 324 g/mol. The maximum atomic E-state index is 10.8. The molecule has 2 aromatic carbocycles. The number of nitro groups is 1. The van der Waals surface area contributed by atoms with E-state index in [-0.39, 0.29) is 16.7 Å². The Bertz CT molecular complexity index is 753. The van der Waals surface area contributed by atoms with E-state index in [0.717, 1.165) is 36.3 Å². The summed E-state index contributed by atoms with van der Waals surface area (Å²) >= 11 is 0. The van der Waals surface area contributed by atoms with Crippen LogP contribution in [0.5, 0.6) is 5.75 Å². The number of hydrogen-bond donors (Lipinski definition) is 1. The molecule has 0 radical (unpaired) electrons. The lowest BCUT2D eigenvalue weighted by Crippen LogP contribution is -2.23. The summed E-state index contributed by atoms with van der Waals surface area (Å²) in [6, 6.07) is 14.8. The van der Waals surface area contributed by atoms with Gasteiger partial charge in [0.1, 0.15) is 5.75 Å². The molecule has 0 amide bonds. The molecule has 0 bridgehead atoms. The van der Waals surface area contributed by atoms with E-state index in [4.69, 9.17) is 4.74 Å². The number of methoxy groups -OCH3 is 1. The molecule has 124 valence electrons. The van der Waals surface area contributed by atoms with Gasteiger partial charge < -0.3 is 10.1 Å². The Morgan fingerprint density at radius 2 is 2.00 bits per heavy atom. The number of hydrogen-bond acceptors (Lipinski definition) is 4. The molecule has 1 aliphatic carbocycles. The average Bonchev–Trinajstić information content (AvgIpc) is 2.62. The van der Waals surface area contributed by atoms with Crippen LogP contribution in [0.2, 0.25) is 0 Å². The molecule has 5 nitrogen and oxygen atoms in total. The summed E-state index contributed by atoms with van der Waals surface area (Å²) in [6.07, 6.45) is 5.48. The third-order valence-electron chi connectivity index (χ3n) is 4.26. The number of rotatable bonds is 5. The van der Waals surface area contributed by atoms with Gasteiger partial charge in [-0.15, -0.1) is 0 Å². The molecule has 0 aromatic heterocycles. The number of anilines is 1. The Kier molecular flexibility index (Phi) is 4.79. The van der Waals surface area contributed by atoms with E-state index in [1.54, 1.807) is 19.2 Å². The first kappa shape index (κ1) is 16.1. The molecule has 1 unspecified atom stereocenters. The lowest BCUT2D eigenvalue weighted by atomic mass is 9.88. The summed E-state index contributed by atoms with van der Waals surface area (Å²) in [7, 11) is 1.67. The van der Waals surface area contributed by atoms with Crippen molar-refractivity contribution in [3.63, 3.8) is 0 Å². The van der Waals surface area contributed by atoms with E-state index in [0.29, 0.717) is 0 Å². The van der Waals surface area contributed by atoms with E-state index in [1.165, 1.54) is 17.7 Å². The van der Waals surface area contributed by atoms with Gasteiger partial charge >= 0.3 is 0 Å². The summed E-state index contributed by atoms with van der Waals surface area (Å²) in [4.78, 5) is 10.4. The Morgan fingerprint density at radius 1 is 1.21 bits per heavy atom. The van der Waals surface area contributed by atoms with Crippen LogP contribution in [0, 0.1) is 10.1 Å². The molecule has 5 heteroatoms. The van der Waals surface area contributed by atoms with Gasteiger partial charge in [-0.1, -0.05) is 18.2 Å². The lowest BCUT2D eigenvalue weighted by Gasteiger charge is -2.27. The highest BCUT2D eigenvalue weighted by molar-refractivity contribution is 5.74. The Hall–Kier alpha value is -2.82. The number of nitrogens with one attached hydrogen (secondary N) is 1. The zero-order valence-corrected chi connectivity index (χ0v) is 13.6. The van der Waals surface area contributed by atoms with E-state index in [2.05, 4.69) is 17.5 Å². The predicted molar refractivity (Wildman–Crippen MR) is 95.3 cm³/mol. The minimum Gasteiger partial charge on any atom is -0.497 e. The number of allylic oxidation sites excluding steroid dienone is 1. The number of nitrogens with zero attached hydrogens (tertiary/aromatic N) is 1. The van der Waals surface area contributed by atoms with Gasteiger partial charge in [0.15, 0.2) is 0 Å². The van der Waals surface area contributed by atoms with Crippen molar-refractivity contribution in [2.24, 2.45) is 0 Å². The fourth-order valence-corrected chi connectivity index (χ4v) is 3.03. The summed E-state index contributed by atoms with van der Waals surface area (Å²) in [5.41, 5.74) is 3.39. The summed E-state index contributed by atoms with van der Waals surface area (Å²) in [5, 5.41) is 14.3. The predicted octanol–water partition coefficient (Wildman–Crippen LogP) is 4.65. The van der Waals surface area contributed by atoms with Gasteiger partial charge in [-0.25, -0.2) is 0 Å². The van der Waals surface area contributed by atoms with Gasteiger partial charge in [0.25, 0.3) is 5.69 Å². The van der Waals surface area contributed by atoms with Crippen molar-refractivity contribution in [2.75, 3.05) is 12.4 Å². The van der Waals surface area contributed by atoms with Gasteiger partial charge in [-0.2, -0.15) is 0 Å². The van der Waals surface area contributed by atoms with Crippen molar-refractivity contribution < 1.29 is 9.66 Å². The molecule has 1 N–H and O–H groups in total. The van der Waals surface area contributed by atoms with Crippen LogP contribution < -0.4 is 10.1 Å². The Labute approximate surface area is 141 Å². The van der Waals surface area contributed by atoms with Gasteiger partial charge in [-0.3, -0.25) is 10.1 Å². The zero-order chi connectivity index (χ0) is 16.9. The number of ether oxygens (including phenoxy) is 1. The van der Waals surface area contributed by atoms with E-state index >= 15 is 0 Å².